The molecule has 1 saturated heterocycles. The molecule has 1 unspecified atom stereocenters. The second-order valence-electron chi connectivity index (χ2n) is 6.84. The summed E-state index contributed by atoms with van der Waals surface area (Å²) in [7, 11) is 2.19. The zero-order chi connectivity index (χ0) is 15.0. The molecule has 0 saturated carbocycles. The Balaban J connectivity index is 2.17. The molecule has 4 heteroatoms. The average molecular weight is 282 g/mol. The number of nitrogens with zero attached hydrogens (tertiary/aromatic N) is 2. The van der Waals surface area contributed by atoms with Crippen LogP contribution in [0.2, 0.25) is 0 Å². The molecular weight excluding hydrogens is 248 g/mol. The van der Waals surface area contributed by atoms with Crippen molar-refractivity contribution in [1.29, 1.82) is 0 Å². The van der Waals surface area contributed by atoms with E-state index < -0.39 is 0 Å². The average Bonchev–Trinajstić information content (AvgIpc) is 2.37. The molecule has 1 aliphatic heterocycles. The Hall–Kier alpha value is -0.770. The maximum Gasteiger partial charge on any atom is 0.188 e. The smallest absolute Gasteiger partial charge is 0.188 e. The normalized spacial score (nSPS) is 20.4. The molecule has 4 nitrogen and oxygen atoms in total. The van der Waals surface area contributed by atoms with Crippen molar-refractivity contribution in [2.75, 3.05) is 26.7 Å². The van der Waals surface area contributed by atoms with Gasteiger partial charge in [-0.05, 0) is 58.2 Å². The van der Waals surface area contributed by atoms with Gasteiger partial charge in [0.1, 0.15) is 0 Å². The number of likely N-dealkylation sites (tertiary alicyclic amines) is 1. The molecule has 1 heterocycles. The lowest BCUT2D eigenvalue weighted by Gasteiger charge is -2.28. The maximum absolute atomic E-state index is 5.98. The summed E-state index contributed by atoms with van der Waals surface area (Å²) < 4.78 is 0. The highest BCUT2D eigenvalue weighted by molar-refractivity contribution is 5.78. The predicted octanol–water partition coefficient (Wildman–Crippen LogP) is 2.45. The minimum atomic E-state index is 0.426. The summed E-state index contributed by atoms with van der Waals surface area (Å²) in [5.74, 6) is 2.13. The molecule has 1 aliphatic rings. The zero-order valence-corrected chi connectivity index (χ0v) is 13.9. The number of hydrogen-bond donors (Lipinski definition) is 2. The lowest BCUT2D eigenvalue weighted by Crippen LogP contribution is -2.39. The molecule has 0 amide bonds. The van der Waals surface area contributed by atoms with Gasteiger partial charge in [-0.25, -0.2) is 0 Å². The minimum absolute atomic E-state index is 0.426. The van der Waals surface area contributed by atoms with Crippen molar-refractivity contribution in [2.24, 2.45) is 22.6 Å². The van der Waals surface area contributed by atoms with E-state index in [9.17, 15) is 0 Å². The van der Waals surface area contributed by atoms with Gasteiger partial charge < -0.3 is 16.0 Å². The second-order valence-corrected chi connectivity index (χ2v) is 6.84. The summed E-state index contributed by atoms with van der Waals surface area (Å²) in [6, 6.07) is 0.426. The molecule has 0 bridgehead atoms. The standard InChI is InChI=1S/C16H34N4/c1-13(2)6-5-7-14(3)19-16(17)18-12-15-8-10-20(4)11-9-15/h13-15H,5-12H2,1-4H3,(H3,17,18,19). The van der Waals surface area contributed by atoms with E-state index in [0.29, 0.717) is 17.9 Å². The third-order valence-electron chi connectivity index (χ3n) is 4.17. The van der Waals surface area contributed by atoms with Crippen LogP contribution in [0.3, 0.4) is 0 Å². The van der Waals surface area contributed by atoms with Crippen LogP contribution in [0.15, 0.2) is 4.99 Å². The summed E-state index contributed by atoms with van der Waals surface area (Å²) in [5, 5.41) is 3.32. The van der Waals surface area contributed by atoms with Gasteiger partial charge in [0, 0.05) is 12.6 Å². The Kier molecular flexibility index (Phi) is 7.97. The highest BCUT2D eigenvalue weighted by Crippen LogP contribution is 2.15. The fourth-order valence-electron chi connectivity index (χ4n) is 2.67. The van der Waals surface area contributed by atoms with Crippen molar-refractivity contribution >= 4 is 5.96 Å². The van der Waals surface area contributed by atoms with E-state index in [-0.39, 0.29) is 0 Å². The SMILES string of the molecule is CC(C)CCCC(C)NC(N)=NCC1CCN(C)CC1. The van der Waals surface area contributed by atoms with Gasteiger partial charge in [-0.3, -0.25) is 4.99 Å². The van der Waals surface area contributed by atoms with Gasteiger partial charge in [0.15, 0.2) is 5.96 Å². The quantitative estimate of drug-likeness (QED) is 0.557. The van der Waals surface area contributed by atoms with Crippen molar-refractivity contribution < 1.29 is 0 Å². The van der Waals surface area contributed by atoms with Crippen LogP contribution in [-0.4, -0.2) is 43.6 Å². The van der Waals surface area contributed by atoms with Gasteiger partial charge in [-0.15, -0.1) is 0 Å². The number of nitrogens with two attached hydrogens (primary N) is 1. The summed E-state index contributed by atoms with van der Waals surface area (Å²) in [4.78, 5) is 6.91. The van der Waals surface area contributed by atoms with Crippen molar-refractivity contribution in [1.82, 2.24) is 10.2 Å². The summed E-state index contributed by atoms with van der Waals surface area (Å²) in [6.45, 7) is 10.0. The first-order valence-electron chi connectivity index (χ1n) is 8.22. The zero-order valence-electron chi connectivity index (χ0n) is 13.9. The molecule has 1 rings (SSSR count). The third kappa shape index (κ3) is 7.73. The van der Waals surface area contributed by atoms with Gasteiger partial charge in [0.25, 0.3) is 0 Å². The van der Waals surface area contributed by atoms with Crippen LogP contribution >= 0.6 is 0 Å². The number of guanidine groups is 1. The number of piperidine rings is 1. The lowest BCUT2D eigenvalue weighted by atomic mass is 9.97. The van der Waals surface area contributed by atoms with E-state index in [2.05, 4.69) is 43.0 Å². The molecule has 3 N–H and O–H groups in total. The minimum Gasteiger partial charge on any atom is -0.370 e. The van der Waals surface area contributed by atoms with Crippen LogP contribution in [0.4, 0.5) is 0 Å². The number of nitrogens with one attached hydrogen (secondary N) is 1. The topological polar surface area (TPSA) is 53.6 Å². The van der Waals surface area contributed by atoms with Crippen molar-refractivity contribution in [3.05, 3.63) is 0 Å². The first-order valence-corrected chi connectivity index (χ1v) is 8.22. The van der Waals surface area contributed by atoms with Gasteiger partial charge in [-0.1, -0.05) is 26.7 Å². The largest absolute Gasteiger partial charge is 0.370 e. The maximum atomic E-state index is 5.98. The Morgan fingerprint density at radius 3 is 2.50 bits per heavy atom. The van der Waals surface area contributed by atoms with E-state index in [0.717, 1.165) is 12.5 Å². The summed E-state index contributed by atoms with van der Waals surface area (Å²) >= 11 is 0. The fourth-order valence-corrected chi connectivity index (χ4v) is 2.67. The van der Waals surface area contributed by atoms with Crippen LogP contribution in [0.25, 0.3) is 0 Å². The van der Waals surface area contributed by atoms with Gasteiger partial charge >= 0.3 is 0 Å². The Morgan fingerprint density at radius 2 is 1.90 bits per heavy atom. The molecular formula is C16H34N4. The highest BCUT2D eigenvalue weighted by atomic mass is 15.1. The van der Waals surface area contributed by atoms with Crippen LogP contribution in [0.5, 0.6) is 0 Å². The van der Waals surface area contributed by atoms with Crippen molar-refractivity contribution in [3.8, 4) is 0 Å². The number of aliphatic imine (C=N–C) groups is 1. The van der Waals surface area contributed by atoms with Crippen LogP contribution in [-0.2, 0) is 0 Å². The third-order valence-corrected chi connectivity index (χ3v) is 4.17. The van der Waals surface area contributed by atoms with Crippen LogP contribution < -0.4 is 11.1 Å². The first-order chi connectivity index (χ1) is 9.47. The molecule has 0 aliphatic carbocycles. The molecule has 1 fully saturated rings. The fraction of sp³-hybridized carbons (Fsp3) is 0.938. The van der Waals surface area contributed by atoms with E-state index in [1.54, 1.807) is 0 Å². The Morgan fingerprint density at radius 1 is 1.25 bits per heavy atom. The molecule has 0 radical (unpaired) electrons. The highest BCUT2D eigenvalue weighted by Gasteiger charge is 2.16. The molecule has 0 aromatic rings. The molecule has 20 heavy (non-hydrogen) atoms. The summed E-state index contributed by atoms with van der Waals surface area (Å²) in [5.41, 5.74) is 5.98. The first kappa shape index (κ1) is 17.3. The Labute approximate surface area is 125 Å². The molecule has 0 aromatic carbocycles. The Bertz CT molecular complexity index is 280. The van der Waals surface area contributed by atoms with Crippen molar-refractivity contribution in [2.45, 2.75) is 58.9 Å². The van der Waals surface area contributed by atoms with E-state index in [1.807, 2.05) is 0 Å². The van der Waals surface area contributed by atoms with E-state index in [1.165, 1.54) is 45.2 Å². The molecule has 1 atom stereocenters. The molecule has 0 aromatic heterocycles. The van der Waals surface area contributed by atoms with Crippen molar-refractivity contribution in [3.63, 3.8) is 0 Å². The lowest BCUT2D eigenvalue weighted by molar-refractivity contribution is 0.223. The van der Waals surface area contributed by atoms with Gasteiger partial charge in [0.2, 0.25) is 0 Å². The summed E-state index contributed by atoms with van der Waals surface area (Å²) in [6.07, 6.45) is 6.21. The number of rotatable bonds is 7. The second kappa shape index (κ2) is 9.22. The molecule has 0 spiro atoms. The van der Waals surface area contributed by atoms with E-state index in [4.69, 9.17) is 5.73 Å². The van der Waals surface area contributed by atoms with Crippen LogP contribution in [0.1, 0.15) is 52.9 Å². The van der Waals surface area contributed by atoms with Gasteiger partial charge in [-0.2, -0.15) is 0 Å². The molecule has 118 valence electrons. The number of hydrogen-bond acceptors (Lipinski definition) is 2. The predicted molar refractivity (Wildman–Crippen MR) is 88.0 cm³/mol. The van der Waals surface area contributed by atoms with E-state index >= 15 is 0 Å². The van der Waals surface area contributed by atoms with Crippen LogP contribution in [0, 0.1) is 11.8 Å². The van der Waals surface area contributed by atoms with Gasteiger partial charge in [0.05, 0.1) is 0 Å². The monoisotopic (exact) mass is 282 g/mol.